The van der Waals surface area contributed by atoms with Crippen molar-refractivity contribution in [3.63, 3.8) is 0 Å². The van der Waals surface area contributed by atoms with Gasteiger partial charge in [-0.2, -0.15) is 0 Å². The van der Waals surface area contributed by atoms with E-state index in [-0.39, 0.29) is 18.4 Å². The van der Waals surface area contributed by atoms with Crippen molar-refractivity contribution in [2.24, 2.45) is 0 Å². The van der Waals surface area contributed by atoms with Gasteiger partial charge in [-0.15, -0.1) is 0 Å². The molecule has 3 rings (SSSR count). The van der Waals surface area contributed by atoms with E-state index in [1.807, 2.05) is 12.1 Å². The number of anilines is 1. The lowest BCUT2D eigenvalue weighted by atomic mass is 10.1. The fraction of sp³-hybridized carbons (Fsp3) is 0.333. The van der Waals surface area contributed by atoms with Gasteiger partial charge >= 0.3 is 0 Å². The van der Waals surface area contributed by atoms with Gasteiger partial charge in [0.1, 0.15) is 0 Å². The van der Waals surface area contributed by atoms with Crippen LogP contribution in [-0.4, -0.2) is 43.4 Å². The zero-order chi connectivity index (χ0) is 19.2. The predicted molar refractivity (Wildman–Crippen MR) is 111 cm³/mol. The zero-order valence-electron chi connectivity index (χ0n) is 15.5. The highest BCUT2D eigenvalue weighted by Gasteiger charge is 2.18. The van der Waals surface area contributed by atoms with Crippen LogP contribution in [0.25, 0.3) is 0 Å². The van der Waals surface area contributed by atoms with E-state index in [0.717, 1.165) is 23.1 Å². The monoisotopic (exact) mass is 429 g/mol. The van der Waals surface area contributed by atoms with Crippen molar-refractivity contribution in [2.75, 3.05) is 31.6 Å². The van der Waals surface area contributed by atoms with Gasteiger partial charge < -0.3 is 15.1 Å². The van der Waals surface area contributed by atoms with Gasteiger partial charge in [-0.05, 0) is 48.7 Å². The van der Waals surface area contributed by atoms with Crippen LogP contribution in [0.15, 0.2) is 53.0 Å². The van der Waals surface area contributed by atoms with Crippen LogP contribution in [0.5, 0.6) is 0 Å². The molecule has 0 atom stereocenters. The Hall–Kier alpha value is -2.34. The zero-order valence-corrected chi connectivity index (χ0v) is 17.0. The molecule has 2 aromatic carbocycles. The third kappa shape index (κ3) is 5.10. The molecule has 1 heterocycles. The second kappa shape index (κ2) is 9.04. The summed E-state index contributed by atoms with van der Waals surface area (Å²) in [6.45, 7) is 2.65. The summed E-state index contributed by atoms with van der Waals surface area (Å²) in [5, 5.41) is 2.70. The summed E-state index contributed by atoms with van der Waals surface area (Å²) in [5.41, 5.74) is 2.87. The Morgan fingerprint density at radius 3 is 2.44 bits per heavy atom. The van der Waals surface area contributed by atoms with E-state index in [0.29, 0.717) is 12.1 Å². The van der Waals surface area contributed by atoms with Crippen molar-refractivity contribution in [3.8, 4) is 0 Å². The van der Waals surface area contributed by atoms with E-state index in [1.165, 1.54) is 18.5 Å². The second-order valence-electron chi connectivity index (χ2n) is 6.76. The molecule has 0 aromatic heterocycles. The number of carbonyl (C=O) groups is 2. The van der Waals surface area contributed by atoms with Crippen LogP contribution in [0.4, 0.5) is 5.69 Å². The van der Waals surface area contributed by atoms with E-state index < -0.39 is 0 Å². The molecule has 142 valence electrons. The van der Waals surface area contributed by atoms with Crippen molar-refractivity contribution < 1.29 is 9.59 Å². The maximum absolute atomic E-state index is 12.5. The molecule has 27 heavy (non-hydrogen) atoms. The Morgan fingerprint density at radius 2 is 1.74 bits per heavy atom. The summed E-state index contributed by atoms with van der Waals surface area (Å²) in [7, 11) is 1.77. The molecule has 6 heteroatoms. The van der Waals surface area contributed by atoms with Gasteiger partial charge in [0.15, 0.2) is 0 Å². The van der Waals surface area contributed by atoms with E-state index in [2.05, 4.69) is 38.3 Å². The van der Waals surface area contributed by atoms with Crippen molar-refractivity contribution in [3.05, 3.63) is 64.1 Å². The van der Waals surface area contributed by atoms with Crippen molar-refractivity contribution in [1.82, 2.24) is 10.2 Å². The summed E-state index contributed by atoms with van der Waals surface area (Å²) >= 11 is 3.34. The van der Waals surface area contributed by atoms with Gasteiger partial charge in [0.05, 0.1) is 6.54 Å². The van der Waals surface area contributed by atoms with Crippen molar-refractivity contribution >= 4 is 33.4 Å². The first kappa shape index (κ1) is 19.4. The van der Waals surface area contributed by atoms with Crippen molar-refractivity contribution in [2.45, 2.75) is 19.4 Å². The molecule has 0 saturated carbocycles. The van der Waals surface area contributed by atoms with E-state index in [4.69, 9.17) is 0 Å². The number of carbonyl (C=O) groups excluding carboxylic acids is 2. The molecule has 1 aliphatic rings. The molecule has 1 fully saturated rings. The van der Waals surface area contributed by atoms with Gasteiger partial charge in [-0.3, -0.25) is 9.59 Å². The van der Waals surface area contributed by atoms with Crippen LogP contribution < -0.4 is 10.2 Å². The summed E-state index contributed by atoms with van der Waals surface area (Å²) in [6, 6.07) is 15.3. The number of nitrogens with zero attached hydrogens (tertiary/aromatic N) is 2. The van der Waals surface area contributed by atoms with E-state index in [9.17, 15) is 9.59 Å². The fourth-order valence-corrected chi connectivity index (χ4v) is 3.51. The highest BCUT2D eigenvalue weighted by Crippen LogP contribution is 2.25. The van der Waals surface area contributed by atoms with Crippen LogP contribution in [0, 0.1) is 0 Å². The molecule has 0 unspecified atom stereocenters. The summed E-state index contributed by atoms with van der Waals surface area (Å²) in [5.74, 6) is -0.363. The first-order chi connectivity index (χ1) is 13.0. The topological polar surface area (TPSA) is 52.6 Å². The Balaban J connectivity index is 1.56. The Kier molecular flexibility index (Phi) is 6.50. The van der Waals surface area contributed by atoms with Crippen LogP contribution in [0.2, 0.25) is 0 Å². The Bertz CT molecular complexity index is 801. The average molecular weight is 430 g/mol. The SMILES string of the molecule is CN(Cc1ccccc1N1CCCC1)C(=O)CNC(=O)c1ccc(Br)cc1. The number of likely N-dealkylation sites (N-methyl/N-ethyl adjacent to an activating group) is 1. The predicted octanol–water partition coefficient (Wildman–Crippen LogP) is 3.44. The summed E-state index contributed by atoms with van der Waals surface area (Å²) in [4.78, 5) is 28.7. The average Bonchev–Trinajstić information content (AvgIpc) is 3.21. The van der Waals surface area contributed by atoms with Crippen LogP contribution >= 0.6 is 15.9 Å². The fourth-order valence-electron chi connectivity index (χ4n) is 3.25. The maximum atomic E-state index is 12.5. The highest BCUT2D eigenvalue weighted by molar-refractivity contribution is 9.10. The minimum absolute atomic E-state index is 0.0166. The molecule has 1 N–H and O–H groups in total. The van der Waals surface area contributed by atoms with E-state index in [1.54, 1.807) is 36.2 Å². The molecule has 1 saturated heterocycles. The lowest BCUT2D eigenvalue weighted by Gasteiger charge is -2.24. The first-order valence-corrected chi connectivity index (χ1v) is 9.94. The lowest BCUT2D eigenvalue weighted by molar-refractivity contribution is -0.129. The Morgan fingerprint density at radius 1 is 1.07 bits per heavy atom. The number of benzene rings is 2. The smallest absolute Gasteiger partial charge is 0.251 e. The largest absolute Gasteiger partial charge is 0.371 e. The number of rotatable bonds is 6. The summed E-state index contributed by atoms with van der Waals surface area (Å²) in [6.07, 6.45) is 2.43. The molecule has 2 amide bonds. The van der Waals surface area contributed by atoms with Crippen LogP contribution in [-0.2, 0) is 11.3 Å². The maximum Gasteiger partial charge on any atom is 0.251 e. The number of amides is 2. The van der Waals surface area contributed by atoms with Crippen molar-refractivity contribution in [1.29, 1.82) is 0 Å². The number of hydrogen-bond donors (Lipinski definition) is 1. The molecule has 1 aliphatic heterocycles. The number of halogens is 1. The third-order valence-corrected chi connectivity index (χ3v) is 5.31. The van der Waals surface area contributed by atoms with Gasteiger partial charge in [0.2, 0.25) is 5.91 Å². The standard InChI is InChI=1S/C21H24BrN3O2/c1-24(15-17-6-2-3-7-19(17)25-12-4-5-13-25)20(26)14-23-21(27)16-8-10-18(22)11-9-16/h2-3,6-11H,4-5,12-15H2,1H3,(H,23,27). The second-order valence-corrected chi connectivity index (χ2v) is 7.68. The quantitative estimate of drug-likeness (QED) is 0.764. The highest BCUT2D eigenvalue weighted by atomic mass is 79.9. The molecule has 5 nitrogen and oxygen atoms in total. The summed E-state index contributed by atoms with van der Waals surface area (Å²) < 4.78 is 0.909. The van der Waals surface area contributed by atoms with E-state index >= 15 is 0 Å². The number of para-hydroxylation sites is 1. The first-order valence-electron chi connectivity index (χ1n) is 9.15. The van der Waals surface area contributed by atoms with Gasteiger partial charge in [-0.25, -0.2) is 0 Å². The molecule has 0 bridgehead atoms. The molecule has 2 aromatic rings. The normalized spacial score (nSPS) is 13.5. The molecular formula is C21H24BrN3O2. The van der Waals surface area contributed by atoms with Crippen LogP contribution in [0.3, 0.4) is 0 Å². The minimum atomic E-state index is -0.248. The lowest BCUT2D eigenvalue weighted by Crippen LogP contribution is -2.38. The van der Waals surface area contributed by atoms with Gasteiger partial charge in [0.25, 0.3) is 5.91 Å². The minimum Gasteiger partial charge on any atom is -0.371 e. The third-order valence-electron chi connectivity index (χ3n) is 4.78. The molecule has 0 radical (unpaired) electrons. The molecule has 0 aliphatic carbocycles. The number of hydrogen-bond acceptors (Lipinski definition) is 3. The van der Waals surface area contributed by atoms with Gasteiger partial charge in [0, 0.05) is 42.4 Å². The molecular weight excluding hydrogens is 406 g/mol. The van der Waals surface area contributed by atoms with Crippen LogP contribution in [0.1, 0.15) is 28.8 Å². The number of nitrogens with one attached hydrogen (secondary N) is 1. The Labute approximate surface area is 168 Å². The molecule has 0 spiro atoms. The van der Waals surface area contributed by atoms with Gasteiger partial charge in [-0.1, -0.05) is 34.1 Å².